The van der Waals surface area contributed by atoms with E-state index in [1.165, 1.54) is 0 Å². The molecule has 0 aliphatic carbocycles. The Morgan fingerprint density at radius 2 is 1.91 bits per heavy atom. The Labute approximate surface area is 132 Å². The number of nitrogens with zero attached hydrogens (tertiary/aromatic N) is 3. The summed E-state index contributed by atoms with van der Waals surface area (Å²) in [4.78, 5) is 12.9. The van der Waals surface area contributed by atoms with Gasteiger partial charge >= 0.3 is 0 Å². The monoisotopic (exact) mass is 306 g/mol. The van der Waals surface area contributed by atoms with Crippen LogP contribution in [0.3, 0.4) is 0 Å². The molecule has 0 saturated heterocycles. The van der Waals surface area contributed by atoms with Crippen molar-refractivity contribution >= 4 is 5.95 Å². The minimum atomic E-state index is 0.235. The topological polar surface area (TPSA) is 83.2 Å². The van der Waals surface area contributed by atoms with Crippen LogP contribution in [0.25, 0.3) is 22.4 Å². The lowest BCUT2D eigenvalue weighted by molar-refractivity contribution is 0.174. The summed E-state index contributed by atoms with van der Waals surface area (Å²) in [6.45, 7) is 2.15. The predicted octanol–water partition coefficient (Wildman–Crippen LogP) is 2.82. The fraction of sp³-hybridized carbons (Fsp3) is 0.118. The van der Waals surface area contributed by atoms with Crippen LogP contribution in [0.4, 0.5) is 5.95 Å². The SMILES string of the molecule is Cc1nc(N)nc(-c2ccc3c(c2)OCO3)c1-c1cccnc1. The van der Waals surface area contributed by atoms with Crippen molar-refractivity contribution in [3.63, 3.8) is 0 Å². The Morgan fingerprint density at radius 3 is 2.74 bits per heavy atom. The smallest absolute Gasteiger partial charge is 0.231 e. The number of nitrogens with two attached hydrogens (primary N) is 1. The molecule has 0 amide bonds. The molecular formula is C17H14N4O2. The Kier molecular flexibility index (Phi) is 3.08. The van der Waals surface area contributed by atoms with Crippen molar-refractivity contribution in [2.24, 2.45) is 0 Å². The average molecular weight is 306 g/mol. The fourth-order valence-electron chi connectivity index (χ4n) is 2.70. The molecule has 3 aromatic rings. The van der Waals surface area contributed by atoms with Crippen molar-refractivity contribution in [1.29, 1.82) is 0 Å². The van der Waals surface area contributed by atoms with Crippen LogP contribution < -0.4 is 15.2 Å². The number of aromatic nitrogens is 3. The number of hydrogen-bond acceptors (Lipinski definition) is 6. The third-order valence-corrected chi connectivity index (χ3v) is 3.70. The molecule has 6 nitrogen and oxygen atoms in total. The largest absolute Gasteiger partial charge is 0.454 e. The van der Waals surface area contributed by atoms with Crippen LogP contribution in [0, 0.1) is 6.92 Å². The van der Waals surface area contributed by atoms with Gasteiger partial charge in [0.15, 0.2) is 11.5 Å². The first-order valence-electron chi connectivity index (χ1n) is 7.17. The van der Waals surface area contributed by atoms with Gasteiger partial charge in [-0.1, -0.05) is 6.07 Å². The lowest BCUT2D eigenvalue weighted by atomic mass is 9.99. The van der Waals surface area contributed by atoms with Gasteiger partial charge in [0.05, 0.1) is 11.4 Å². The van der Waals surface area contributed by atoms with Crippen LogP contribution in [0.15, 0.2) is 42.7 Å². The van der Waals surface area contributed by atoms with E-state index in [4.69, 9.17) is 15.2 Å². The number of nitrogen functional groups attached to an aromatic ring is 1. The summed E-state index contributed by atoms with van der Waals surface area (Å²) in [6.07, 6.45) is 3.52. The molecule has 1 aliphatic rings. The molecule has 1 aliphatic heterocycles. The summed E-state index contributed by atoms with van der Waals surface area (Å²) in [6, 6.07) is 9.58. The van der Waals surface area contributed by atoms with Crippen molar-refractivity contribution in [2.75, 3.05) is 12.5 Å². The second-order valence-corrected chi connectivity index (χ2v) is 5.20. The van der Waals surface area contributed by atoms with Crippen LogP contribution in [-0.4, -0.2) is 21.7 Å². The third-order valence-electron chi connectivity index (χ3n) is 3.70. The first-order chi connectivity index (χ1) is 11.2. The van der Waals surface area contributed by atoms with E-state index in [1.807, 2.05) is 37.3 Å². The second-order valence-electron chi connectivity index (χ2n) is 5.20. The molecule has 6 heteroatoms. The molecule has 0 radical (unpaired) electrons. The van der Waals surface area contributed by atoms with Gasteiger partial charge < -0.3 is 15.2 Å². The van der Waals surface area contributed by atoms with E-state index in [0.717, 1.165) is 33.8 Å². The van der Waals surface area contributed by atoms with Gasteiger partial charge in [-0.15, -0.1) is 0 Å². The highest BCUT2D eigenvalue weighted by molar-refractivity contribution is 5.83. The van der Waals surface area contributed by atoms with E-state index in [2.05, 4.69) is 15.0 Å². The van der Waals surface area contributed by atoms with Gasteiger partial charge in [0.25, 0.3) is 0 Å². The minimum absolute atomic E-state index is 0.235. The van der Waals surface area contributed by atoms with Gasteiger partial charge in [-0.3, -0.25) is 4.98 Å². The summed E-state index contributed by atoms with van der Waals surface area (Å²) < 4.78 is 10.8. The molecule has 2 aromatic heterocycles. The van der Waals surface area contributed by atoms with Gasteiger partial charge in [-0.25, -0.2) is 9.97 Å². The first-order valence-corrected chi connectivity index (χ1v) is 7.17. The van der Waals surface area contributed by atoms with Crippen molar-refractivity contribution < 1.29 is 9.47 Å². The second kappa shape index (κ2) is 5.24. The maximum absolute atomic E-state index is 5.86. The number of hydrogen-bond donors (Lipinski definition) is 1. The molecule has 0 bridgehead atoms. The van der Waals surface area contributed by atoms with Gasteiger partial charge in [-0.05, 0) is 31.2 Å². The quantitative estimate of drug-likeness (QED) is 0.784. The molecule has 0 spiro atoms. The maximum atomic E-state index is 5.86. The van der Waals surface area contributed by atoms with Gasteiger partial charge in [-0.2, -0.15) is 0 Å². The van der Waals surface area contributed by atoms with Gasteiger partial charge in [0, 0.05) is 29.1 Å². The molecule has 0 atom stereocenters. The standard InChI is InChI=1S/C17H14N4O2/c1-10-15(12-3-2-6-19-8-12)16(21-17(18)20-10)11-4-5-13-14(7-11)23-9-22-13/h2-8H,9H2,1H3,(H2,18,20,21). The Morgan fingerprint density at radius 1 is 1.04 bits per heavy atom. The average Bonchev–Trinajstić information content (AvgIpc) is 3.02. The van der Waals surface area contributed by atoms with Crippen LogP contribution >= 0.6 is 0 Å². The number of anilines is 1. The summed E-state index contributed by atoms with van der Waals surface area (Å²) in [5.74, 6) is 1.67. The van der Waals surface area contributed by atoms with E-state index in [9.17, 15) is 0 Å². The molecule has 3 heterocycles. The Balaban J connectivity index is 1.94. The number of benzene rings is 1. The van der Waals surface area contributed by atoms with Crippen molar-refractivity contribution in [1.82, 2.24) is 15.0 Å². The summed E-state index contributed by atoms with van der Waals surface area (Å²) in [7, 11) is 0. The maximum Gasteiger partial charge on any atom is 0.231 e. The van der Waals surface area contributed by atoms with Crippen LogP contribution in [0.1, 0.15) is 5.69 Å². The Hall–Kier alpha value is -3.15. The lowest BCUT2D eigenvalue weighted by Crippen LogP contribution is -2.02. The lowest BCUT2D eigenvalue weighted by Gasteiger charge is -2.12. The first kappa shape index (κ1) is 13.5. The summed E-state index contributed by atoms with van der Waals surface area (Å²) in [5, 5.41) is 0. The zero-order valence-electron chi connectivity index (χ0n) is 12.5. The number of aryl methyl sites for hydroxylation is 1. The molecule has 4 rings (SSSR count). The highest BCUT2D eigenvalue weighted by Gasteiger charge is 2.19. The zero-order chi connectivity index (χ0) is 15.8. The number of fused-ring (bicyclic) bond motifs is 1. The van der Waals surface area contributed by atoms with Crippen LogP contribution in [0.2, 0.25) is 0 Å². The van der Waals surface area contributed by atoms with Crippen molar-refractivity contribution in [2.45, 2.75) is 6.92 Å². The number of rotatable bonds is 2. The van der Waals surface area contributed by atoms with Crippen LogP contribution in [0.5, 0.6) is 11.5 Å². The number of ether oxygens (including phenoxy) is 2. The minimum Gasteiger partial charge on any atom is -0.454 e. The van der Waals surface area contributed by atoms with E-state index in [-0.39, 0.29) is 12.7 Å². The normalized spacial score (nSPS) is 12.4. The molecule has 2 N–H and O–H groups in total. The summed E-state index contributed by atoms with van der Waals surface area (Å²) in [5.41, 5.74) is 10.2. The highest BCUT2D eigenvalue weighted by atomic mass is 16.7. The molecule has 0 saturated carbocycles. The van der Waals surface area contributed by atoms with E-state index < -0.39 is 0 Å². The third kappa shape index (κ3) is 2.34. The molecular weight excluding hydrogens is 292 g/mol. The van der Waals surface area contributed by atoms with E-state index in [0.29, 0.717) is 5.75 Å². The number of pyridine rings is 1. The highest BCUT2D eigenvalue weighted by Crippen LogP contribution is 2.39. The molecule has 0 unspecified atom stereocenters. The van der Waals surface area contributed by atoms with Gasteiger partial charge in [0.1, 0.15) is 0 Å². The summed E-state index contributed by atoms with van der Waals surface area (Å²) >= 11 is 0. The van der Waals surface area contributed by atoms with Crippen molar-refractivity contribution in [3.05, 3.63) is 48.4 Å². The van der Waals surface area contributed by atoms with Crippen LogP contribution in [-0.2, 0) is 0 Å². The van der Waals surface area contributed by atoms with E-state index >= 15 is 0 Å². The van der Waals surface area contributed by atoms with Gasteiger partial charge in [0.2, 0.25) is 12.7 Å². The Bertz CT molecular complexity index is 881. The van der Waals surface area contributed by atoms with E-state index in [1.54, 1.807) is 12.4 Å². The van der Waals surface area contributed by atoms with Crippen molar-refractivity contribution in [3.8, 4) is 33.9 Å². The molecule has 0 fully saturated rings. The molecule has 114 valence electrons. The predicted molar refractivity (Wildman–Crippen MR) is 86.0 cm³/mol. The zero-order valence-corrected chi connectivity index (χ0v) is 12.5. The molecule has 23 heavy (non-hydrogen) atoms. The molecule has 1 aromatic carbocycles. The fourth-order valence-corrected chi connectivity index (χ4v) is 2.70.